The topological polar surface area (TPSA) is 42.7 Å². The third kappa shape index (κ3) is 2.37. The van der Waals surface area contributed by atoms with Crippen molar-refractivity contribution >= 4 is 11.2 Å². The maximum Gasteiger partial charge on any atom is 0.158 e. The highest BCUT2D eigenvalue weighted by Gasteiger charge is 2.38. The highest BCUT2D eigenvalue weighted by molar-refractivity contribution is 5.70. The predicted octanol–water partition coefficient (Wildman–Crippen LogP) is 2.91. The fourth-order valence-electron chi connectivity index (χ4n) is 3.64. The summed E-state index contributed by atoms with van der Waals surface area (Å²) in [4.78, 5) is 8.86. The van der Waals surface area contributed by atoms with Crippen LogP contribution in [-0.4, -0.2) is 25.6 Å². The molecule has 0 aromatic carbocycles. The molecule has 1 N–H and O–H groups in total. The maximum absolute atomic E-state index is 4.49. The minimum absolute atomic E-state index is 0.144. The summed E-state index contributed by atoms with van der Waals surface area (Å²) in [6.07, 6.45) is 7.87. The molecule has 2 aromatic heterocycles. The highest BCUT2D eigenvalue weighted by atomic mass is 15.1. The van der Waals surface area contributed by atoms with Crippen LogP contribution in [-0.2, 0) is 0 Å². The van der Waals surface area contributed by atoms with Gasteiger partial charge in [-0.1, -0.05) is 0 Å². The van der Waals surface area contributed by atoms with E-state index in [0.717, 1.165) is 24.0 Å². The molecule has 0 amide bonds. The van der Waals surface area contributed by atoms with Crippen LogP contribution in [0.3, 0.4) is 0 Å². The van der Waals surface area contributed by atoms with Gasteiger partial charge >= 0.3 is 0 Å². The Morgan fingerprint density at radius 1 is 1.11 bits per heavy atom. The molecule has 0 saturated carbocycles. The Morgan fingerprint density at radius 3 is 2.42 bits per heavy atom. The predicted molar refractivity (Wildman–Crippen MR) is 77.1 cm³/mol. The van der Waals surface area contributed by atoms with Gasteiger partial charge in [-0.3, -0.25) is 4.98 Å². The molecule has 102 valence electrons. The van der Waals surface area contributed by atoms with Crippen LogP contribution in [0.2, 0.25) is 0 Å². The van der Waals surface area contributed by atoms with Gasteiger partial charge in [-0.2, -0.15) is 0 Å². The summed E-state index contributed by atoms with van der Waals surface area (Å²) in [5.74, 6) is 0. The first-order valence-corrected chi connectivity index (χ1v) is 6.93. The van der Waals surface area contributed by atoms with Crippen molar-refractivity contribution in [3.8, 4) is 0 Å². The van der Waals surface area contributed by atoms with Crippen molar-refractivity contribution in [3.05, 3.63) is 24.7 Å². The third-order valence-corrected chi connectivity index (χ3v) is 3.91. The summed E-state index contributed by atoms with van der Waals surface area (Å²) >= 11 is 0. The van der Waals surface area contributed by atoms with Crippen LogP contribution in [0.1, 0.15) is 46.6 Å². The van der Waals surface area contributed by atoms with Gasteiger partial charge in [0.25, 0.3) is 0 Å². The molecule has 0 aliphatic carbocycles. The van der Waals surface area contributed by atoms with Gasteiger partial charge in [-0.25, -0.2) is 4.98 Å². The van der Waals surface area contributed by atoms with E-state index < -0.39 is 0 Å². The van der Waals surface area contributed by atoms with E-state index in [1.165, 1.54) is 0 Å². The lowest BCUT2D eigenvalue weighted by atomic mass is 9.79. The fourth-order valence-corrected chi connectivity index (χ4v) is 3.64. The van der Waals surface area contributed by atoms with Gasteiger partial charge in [0.1, 0.15) is 5.52 Å². The van der Waals surface area contributed by atoms with Crippen LogP contribution in [0.15, 0.2) is 24.7 Å². The van der Waals surface area contributed by atoms with Crippen molar-refractivity contribution in [2.75, 3.05) is 0 Å². The largest absolute Gasteiger partial charge is 0.328 e. The number of rotatable bonds is 1. The van der Waals surface area contributed by atoms with Crippen molar-refractivity contribution < 1.29 is 0 Å². The van der Waals surface area contributed by atoms with Crippen molar-refractivity contribution in [2.24, 2.45) is 0 Å². The van der Waals surface area contributed by atoms with Gasteiger partial charge in [0.2, 0.25) is 0 Å². The number of hydrogen-bond donors (Lipinski definition) is 1. The van der Waals surface area contributed by atoms with E-state index in [0.29, 0.717) is 6.04 Å². The van der Waals surface area contributed by atoms with Crippen LogP contribution in [0.4, 0.5) is 0 Å². The minimum Gasteiger partial charge on any atom is -0.328 e. The summed E-state index contributed by atoms with van der Waals surface area (Å²) < 4.78 is 2.30. The minimum atomic E-state index is 0.144. The van der Waals surface area contributed by atoms with Crippen molar-refractivity contribution in [3.63, 3.8) is 0 Å². The molecule has 0 spiro atoms. The lowest BCUT2D eigenvalue weighted by molar-refractivity contribution is 0.134. The Kier molecular flexibility index (Phi) is 2.68. The lowest BCUT2D eigenvalue weighted by Crippen LogP contribution is -2.57. The van der Waals surface area contributed by atoms with Gasteiger partial charge in [-0.05, 0) is 46.6 Å². The third-order valence-electron chi connectivity index (χ3n) is 3.91. The number of hydrogen-bond acceptors (Lipinski definition) is 3. The molecule has 0 atom stereocenters. The Hall–Kier alpha value is -1.42. The first-order chi connectivity index (χ1) is 8.86. The van der Waals surface area contributed by atoms with Crippen LogP contribution < -0.4 is 5.32 Å². The molecule has 2 aromatic rings. The van der Waals surface area contributed by atoms with E-state index in [9.17, 15) is 0 Å². The van der Waals surface area contributed by atoms with E-state index in [4.69, 9.17) is 0 Å². The average molecular weight is 258 g/mol. The lowest BCUT2D eigenvalue weighted by Gasteiger charge is -2.47. The summed E-state index contributed by atoms with van der Waals surface area (Å²) in [5, 5.41) is 3.72. The molecule has 0 radical (unpaired) electrons. The second kappa shape index (κ2) is 4.04. The van der Waals surface area contributed by atoms with Crippen LogP contribution in [0.25, 0.3) is 11.2 Å². The molecule has 1 saturated heterocycles. The van der Waals surface area contributed by atoms with Crippen LogP contribution in [0.5, 0.6) is 0 Å². The molecule has 1 aliphatic heterocycles. The standard InChI is InChI=1S/C15H22N4/c1-14(2)9-11(10-15(3,4)18-14)19-8-5-12-13(19)17-7-6-16-12/h5-8,11,18H,9-10H2,1-4H3. The molecule has 0 unspecified atom stereocenters. The quantitative estimate of drug-likeness (QED) is 0.855. The van der Waals surface area contributed by atoms with Crippen LogP contribution in [0, 0.1) is 0 Å². The zero-order valence-corrected chi connectivity index (χ0v) is 12.1. The summed E-state index contributed by atoms with van der Waals surface area (Å²) in [6.45, 7) is 9.10. The molecule has 3 heterocycles. The summed E-state index contributed by atoms with van der Waals surface area (Å²) in [5.41, 5.74) is 2.27. The van der Waals surface area contributed by atoms with E-state index in [1.807, 2.05) is 0 Å². The first kappa shape index (κ1) is 12.6. The Labute approximate surface area is 114 Å². The zero-order chi connectivity index (χ0) is 13.7. The monoisotopic (exact) mass is 258 g/mol. The molecule has 4 heteroatoms. The highest BCUT2D eigenvalue weighted by Crippen LogP contribution is 2.37. The zero-order valence-electron chi connectivity index (χ0n) is 12.1. The van der Waals surface area contributed by atoms with E-state index in [2.05, 4.69) is 59.8 Å². The number of piperidine rings is 1. The van der Waals surface area contributed by atoms with Gasteiger partial charge in [0, 0.05) is 35.7 Å². The van der Waals surface area contributed by atoms with E-state index >= 15 is 0 Å². The Morgan fingerprint density at radius 2 is 1.74 bits per heavy atom. The molecule has 1 aliphatic rings. The maximum atomic E-state index is 4.49. The molecule has 3 rings (SSSR count). The van der Waals surface area contributed by atoms with E-state index in [-0.39, 0.29) is 11.1 Å². The number of aromatic nitrogens is 3. The van der Waals surface area contributed by atoms with Crippen molar-refractivity contribution in [2.45, 2.75) is 57.7 Å². The SMILES string of the molecule is CC1(C)CC(n2ccc3nccnc32)CC(C)(C)N1. The second-order valence-electron chi connectivity index (χ2n) is 6.94. The Balaban J connectivity index is 2.01. The molecular weight excluding hydrogens is 236 g/mol. The molecule has 19 heavy (non-hydrogen) atoms. The van der Waals surface area contributed by atoms with E-state index in [1.54, 1.807) is 12.4 Å². The molecule has 0 bridgehead atoms. The van der Waals surface area contributed by atoms with Crippen molar-refractivity contribution in [1.82, 2.24) is 19.9 Å². The number of nitrogens with one attached hydrogen (secondary N) is 1. The van der Waals surface area contributed by atoms with Crippen molar-refractivity contribution in [1.29, 1.82) is 0 Å². The summed E-state index contributed by atoms with van der Waals surface area (Å²) in [7, 11) is 0. The van der Waals surface area contributed by atoms with Gasteiger partial charge in [-0.15, -0.1) is 0 Å². The summed E-state index contributed by atoms with van der Waals surface area (Å²) in [6, 6.07) is 2.53. The molecule has 4 nitrogen and oxygen atoms in total. The first-order valence-electron chi connectivity index (χ1n) is 6.93. The number of nitrogens with zero attached hydrogens (tertiary/aromatic N) is 3. The molecular formula is C15H22N4. The van der Waals surface area contributed by atoms with Crippen LogP contribution >= 0.6 is 0 Å². The fraction of sp³-hybridized carbons (Fsp3) is 0.600. The Bertz CT molecular complexity index is 581. The molecule has 1 fully saturated rings. The van der Waals surface area contributed by atoms with Gasteiger partial charge in [0.15, 0.2) is 5.65 Å². The average Bonchev–Trinajstić information content (AvgIpc) is 2.68. The second-order valence-corrected chi connectivity index (χ2v) is 6.94. The smallest absolute Gasteiger partial charge is 0.158 e. The van der Waals surface area contributed by atoms with Gasteiger partial charge in [0.05, 0.1) is 0 Å². The van der Waals surface area contributed by atoms with Gasteiger partial charge < -0.3 is 9.88 Å². The normalized spacial score (nSPS) is 22.7. The number of fused-ring (bicyclic) bond motifs is 1.